The van der Waals surface area contributed by atoms with E-state index in [0.717, 1.165) is 107 Å². The molecule has 0 aromatic rings. The van der Waals surface area contributed by atoms with Crippen molar-refractivity contribution in [1.82, 2.24) is 21.3 Å². The normalized spacial score (nSPS) is 35.4. The van der Waals surface area contributed by atoms with Crippen LogP contribution in [0, 0.1) is 11.8 Å². The number of epoxide rings is 2. The molecule has 0 bridgehead atoms. The van der Waals surface area contributed by atoms with Crippen LogP contribution in [0.15, 0.2) is 47.6 Å². The van der Waals surface area contributed by atoms with Crippen molar-refractivity contribution in [2.24, 2.45) is 11.8 Å². The fourth-order valence-corrected chi connectivity index (χ4v) is 8.61. The molecule has 4 saturated heterocycles. The molecule has 0 aromatic heterocycles. The number of rotatable bonds is 14. The number of ether oxygens (including phenoxy) is 4. The molecule has 0 spiro atoms. The summed E-state index contributed by atoms with van der Waals surface area (Å²) >= 11 is 0. The number of urea groups is 2. The first-order valence-electron chi connectivity index (χ1n) is 20.0. The molecule has 8 atom stereocenters. The Kier molecular flexibility index (Phi) is 12.7. The van der Waals surface area contributed by atoms with Gasteiger partial charge in [-0.1, -0.05) is 68.6 Å². The van der Waals surface area contributed by atoms with E-state index in [1.165, 1.54) is 0 Å². The summed E-state index contributed by atoms with van der Waals surface area (Å²) in [7, 11) is 0. The van der Waals surface area contributed by atoms with Gasteiger partial charge in [0.1, 0.15) is 24.4 Å². The predicted molar refractivity (Wildman–Crippen MR) is 200 cm³/mol. The Hall–Kier alpha value is -3.64. The minimum atomic E-state index is -0.314. The average molecular weight is 737 g/mol. The molecule has 0 unspecified atom stereocenters. The second-order valence-electron chi connectivity index (χ2n) is 16.3. The number of nitrogens with one attached hydrogen (secondary N) is 4. The van der Waals surface area contributed by atoms with E-state index >= 15 is 0 Å². The zero-order chi connectivity index (χ0) is 37.6. The van der Waals surface area contributed by atoms with Gasteiger partial charge in [0.25, 0.3) is 0 Å². The molecule has 12 heteroatoms. The number of carbonyl (C=O) groups is 4. The molecule has 0 saturated carbocycles. The van der Waals surface area contributed by atoms with Crippen molar-refractivity contribution in [3.8, 4) is 0 Å². The maximum absolute atomic E-state index is 12.5. The molecule has 6 rings (SSSR count). The third-order valence-corrected chi connectivity index (χ3v) is 12.3. The lowest BCUT2D eigenvalue weighted by Crippen LogP contribution is -2.37. The number of hydrogen-bond donors (Lipinski definition) is 4. The molecule has 292 valence electrons. The van der Waals surface area contributed by atoms with Crippen molar-refractivity contribution < 1.29 is 38.1 Å². The summed E-state index contributed by atoms with van der Waals surface area (Å²) in [5.41, 5.74) is 2.85. The molecule has 12 nitrogen and oxygen atoms in total. The molecular formula is C41H60N4O8. The molecule has 2 aliphatic carbocycles. The molecule has 4 heterocycles. The zero-order valence-corrected chi connectivity index (χ0v) is 31.7. The van der Waals surface area contributed by atoms with Crippen LogP contribution in [0.3, 0.4) is 0 Å². The van der Waals surface area contributed by atoms with E-state index in [-0.39, 0.29) is 71.5 Å². The SMILES string of the molecule is C=C1C(=O)O[C@H]2[C@H]1CC/C(CNC(=O)NCCCCCCCCCNC(=O)NC/C1=C/CC[C@@]3(C)O[C@H]3[C@H]3OC(=O)C(=C)[C@@H]3CC1)=C\CC[C@@]1(C)O[C@@H]21. The monoisotopic (exact) mass is 736 g/mol. The van der Waals surface area contributed by atoms with Gasteiger partial charge in [-0.15, -0.1) is 0 Å². The Morgan fingerprint density at radius 2 is 1.06 bits per heavy atom. The Balaban J connectivity index is 0.764. The largest absolute Gasteiger partial charge is 0.455 e. The zero-order valence-electron chi connectivity index (χ0n) is 31.7. The van der Waals surface area contributed by atoms with Crippen LogP contribution >= 0.6 is 0 Å². The number of fused-ring (bicyclic) bond motifs is 6. The number of allylic oxidation sites excluding steroid dienone is 2. The summed E-state index contributed by atoms with van der Waals surface area (Å²) in [6.45, 7) is 14.4. The fraction of sp³-hybridized carbons (Fsp3) is 0.707. The fourth-order valence-electron chi connectivity index (χ4n) is 8.61. The minimum absolute atomic E-state index is 0.0480. The van der Waals surface area contributed by atoms with Gasteiger partial charge >= 0.3 is 24.0 Å². The Bertz CT molecular complexity index is 1380. The van der Waals surface area contributed by atoms with Crippen LogP contribution in [0.2, 0.25) is 0 Å². The van der Waals surface area contributed by atoms with Crippen molar-refractivity contribution in [2.75, 3.05) is 26.2 Å². The maximum atomic E-state index is 12.5. The first kappa shape index (κ1) is 39.1. The molecule has 0 aromatic carbocycles. The quantitative estimate of drug-likeness (QED) is 0.0571. The molecule has 0 radical (unpaired) electrons. The van der Waals surface area contributed by atoms with E-state index in [9.17, 15) is 19.2 Å². The topological polar surface area (TPSA) is 160 Å². The van der Waals surface area contributed by atoms with Crippen molar-refractivity contribution >= 4 is 24.0 Å². The molecule has 4 N–H and O–H groups in total. The molecule has 4 amide bonds. The van der Waals surface area contributed by atoms with Crippen LogP contribution < -0.4 is 21.3 Å². The average Bonchev–Trinajstić information content (AvgIpc) is 3.94. The number of amides is 4. The summed E-state index contributed by atoms with van der Waals surface area (Å²) in [6.07, 6.45) is 17.6. The van der Waals surface area contributed by atoms with E-state index in [1.807, 2.05) is 0 Å². The van der Waals surface area contributed by atoms with Crippen molar-refractivity contribution in [3.63, 3.8) is 0 Å². The van der Waals surface area contributed by atoms with E-state index in [4.69, 9.17) is 18.9 Å². The number of unbranched alkanes of at least 4 members (excludes halogenated alkanes) is 6. The lowest BCUT2D eigenvalue weighted by atomic mass is 9.84. The molecule has 53 heavy (non-hydrogen) atoms. The van der Waals surface area contributed by atoms with Crippen LogP contribution in [0.4, 0.5) is 9.59 Å². The van der Waals surface area contributed by atoms with Gasteiger partial charge in [-0.25, -0.2) is 19.2 Å². The third kappa shape index (κ3) is 9.92. The van der Waals surface area contributed by atoms with Gasteiger partial charge in [0.05, 0.1) is 11.2 Å². The standard InChI is InChI=1S/C41H60N4O8/c1-26-30-18-16-28(14-12-20-40(3)34(52-40)32(30)50-36(26)46)24-44-38(48)42-22-10-8-6-5-7-9-11-23-43-39(49)45-25-29-15-13-21-41(4)35(53-41)33-31(19-17-29)27(2)37(47)51-33/h14-15,30-35H,1-2,5-13,16-25H2,3-4H3,(H2,42,44,48)(H2,43,45,49)/b28-14+,29-15+/t30-,31-,32-,33-,34-,35-,40+,41+/m0/s1. The third-order valence-electron chi connectivity index (χ3n) is 12.3. The van der Waals surface area contributed by atoms with Crippen LogP contribution in [-0.4, -0.2) is 85.8 Å². The summed E-state index contributed by atoms with van der Waals surface area (Å²) in [4.78, 5) is 49.4. The smallest absolute Gasteiger partial charge is 0.334 e. The van der Waals surface area contributed by atoms with Crippen molar-refractivity contribution in [3.05, 3.63) is 47.6 Å². The molecule has 4 fully saturated rings. The molecule has 6 aliphatic rings. The Labute approximate surface area is 314 Å². The predicted octanol–water partition coefficient (Wildman–Crippen LogP) is 5.83. The summed E-state index contributed by atoms with van der Waals surface area (Å²) < 4.78 is 23.2. The maximum Gasteiger partial charge on any atom is 0.334 e. The van der Waals surface area contributed by atoms with Crippen LogP contribution in [0.5, 0.6) is 0 Å². The Morgan fingerprint density at radius 1 is 0.660 bits per heavy atom. The van der Waals surface area contributed by atoms with Gasteiger partial charge in [0, 0.05) is 49.2 Å². The summed E-state index contributed by atoms with van der Waals surface area (Å²) in [6, 6.07) is -0.318. The van der Waals surface area contributed by atoms with Gasteiger partial charge < -0.3 is 40.2 Å². The van der Waals surface area contributed by atoms with Gasteiger partial charge in [0.2, 0.25) is 0 Å². The highest BCUT2D eigenvalue weighted by Gasteiger charge is 2.62. The van der Waals surface area contributed by atoms with Gasteiger partial charge in [-0.2, -0.15) is 0 Å². The molecular weight excluding hydrogens is 676 g/mol. The number of esters is 2. The number of carbonyl (C=O) groups excluding carboxylic acids is 4. The summed E-state index contributed by atoms with van der Waals surface area (Å²) in [5, 5.41) is 12.0. The van der Waals surface area contributed by atoms with E-state index in [1.54, 1.807) is 0 Å². The second kappa shape index (κ2) is 17.2. The first-order chi connectivity index (χ1) is 25.5. The highest BCUT2D eigenvalue weighted by Crippen LogP contribution is 2.51. The van der Waals surface area contributed by atoms with E-state index in [0.29, 0.717) is 37.3 Å². The van der Waals surface area contributed by atoms with Crippen molar-refractivity contribution in [1.29, 1.82) is 0 Å². The van der Waals surface area contributed by atoms with Gasteiger partial charge in [-0.3, -0.25) is 0 Å². The van der Waals surface area contributed by atoms with Crippen LogP contribution in [0.1, 0.15) is 110 Å². The van der Waals surface area contributed by atoms with Gasteiger partial charge in [0.15, 0.2) is 0 Å². The second-order valence-corrected chi connectivity index (χ2v) is 16.3. The minimum Gasteiger partial charge on any atom is -0.455 e. The summed E-state index contributed by atoms with van der Waals surface area (Å²) in [5.74, 6) is -0.725. The van der Waals surface area contributed by atoms with E-state index in [2.05, 4.69) is 60.4 Å². The highest BCUT2D eigenvalue weighted by molar-refractivity contribution is 5.91. The Morgan fingerprint density at radius 3 is 1.47 bits per heavy atom. The lowest BCUT2D eigenvalue weighted by Gasteiger charge is -2.20. The highest BCUT2D eigenvalue weighted by atomic mass is 16.7. The van der Waals surface area contributed by atoms with Crippen LogP contribution in [-0.2, 0) is 28.5 Å². The molecule has 4 aliphatic heterocycles. The van der Waals surface area contributed by atoms with E-state index < -0.39 is 0 Å². The lowest BCUT2D eigenvalue weighted by molar-refractivity contribution is -0.140. The first-order valence-corrected chi connectivity index (χ1v) is 20.0. The van der Waals surface area contributed by atoms with Gasteiger partial charge in [-0.05, 0) is 78.1 Å². The van der Waals surface area contributed by atoms with Crippen LogP contribution in [0.25, 0.3) is 0 Å². The van der Waals surface area contributed by atoms with Crippen molar-refractivity contribution in [2.45, 2.75) is 146 Å². The number of hydrogen-bond acceptors (Lipinski definition) is 8.